The topological polar surface area (TPSA) is 74.0 Å². The number of hydrogen-bond acceptors (Lipinski definition) is 3. The van der Waals surface area contributed by atoms with E-state index in [1.807, 2.05) is 6.07 Å². The molecule has 0 atom stereocenters. The van der Waals surface area contributed by atoms with Gasteiger partial charge in [0, 0.05) is 12.1 Å². The summed E-state index contributed by atoms with van der Waals surface area (Å²) in [4.78, 5) is 14.9. The number of nitrogens with zero attached hydrogens (tertiary/aromatic N) is 2. The summed E-state index contributed by atoms with van der Waals surface area (Å²) >= 11 is 0. The number of aromatic nitrogens is 1. The maximum absolute atomic E-state index is 10.9. The minimum Gasteiger partial charge on any atom is -0.478 e. The van der Waals surface area contributed by atoms with Crippen LogP contribution in [0.5, 0.6) is 0 Å². The molecule has 4 heteroatoms. The van der Waals surface area contributed by atoms with E-state index in [2.05, 4.69) is 4.98 Å². The normalized spacial score (nSPS) is 14.8. The third-order valence-electron chi connectivity index (χ3n) is 2.24. The van der Waals surface area contributed by atoms with Crippen molar-refractivity contribution in [3.8, 4) is 6.07 Å². The molecule has 0 radical (unpaired) electrons. The van der Waals surface area contributed by atoms with Crippen LogP contribution >= 0.6 is 0 Å². The quantitative estimate of drug-likeness (QED) is 0.763. The van der Waals surface area contributed by atoms with Crippen LogP contribution < -0.4 is 0 Å². The number of nitriles is 1. The van der Waals surface area contributed by atoms with E-state index in [1.54, 1.807) is 0 Å². The SMILES string of the molecule is N#Cc1cnc(C2CC2)c(C(=O)O)c1. The van der Waals surface area contributed by atoms with Gasteiger partial charge in [0.25, 0.3) is 0 Å². The highest BCUT2D eigenvalue weighted by molar-refractivity contribution is 5.89. The maximum atomic E-state index is 10.9. The lowest BCUT2D eigenvalue weighted by Gasteiger charge is -2.02. The summed E-state index contributed by atoms with van der Waals surface area (Å²) in [5, 5.41) is 17.5. The first-order valence-electron chi connectivity index (χ1n) is 4.35. The minimum absolute atomic E-state index is 0.173. The Hall–Kier alpha value is -1.89. The van der Waals surface area contributed by atoms with E-state index in [1.165, 1.54) is 12.3 Å². The molecule has 0 aromatic carbocycles. The first-order chi connectivity index (χ1) is 6.72. The summed E-state index contributed by atoms with van der Waals surface area (Å²) in [6.45, 7) is 0. The predicted octanol–water partition coefficient (Wildman–Crippen LogP) is 1.53. The van der Waals surface area contributed by atoms with Crippen molar-refractivity contribution in [1.29, 1.82) is 5.26 Å². The zero-order valence-electron chi connectivity index (χ0n) is 7.40. The van der Waals surface area contributed by atoms with Crippen LogP contribution in [0.1, 0.15) is 40.4 Å². The Kier molecular flexibility index (Phi) is 1.93. The molecule has 1 aromatic rings. The van der Waals surface area contributed by atoms with Gasteiger partial charge in [0.05, 0.1) is 16.8 Å². The Morgan fingerprint density at radius 2 is 2.36 bits per heavy atom. The fourth-order valence-corrected chi connectivity index (χ4v) is 1.39. The Labute approximate surface area is 80.8 Å². The molecule has 1 aliphatic rings. The largest absolute Gasteiger partial charge is 0.478 e. The van der Waals surface area contributed by atoms with Gasteiger partial charge in [-0.3, -0.25) is 4.98 Å². The van der Waals surface area contributed by atoms with Crippen molar-refractivity contribution in [1.82, 2.24) is 4.98 Å². The van der Waals surface area contributed by atoms with E-state index in [4.69, 9.17) is 10.4 Å². The predicted molar refractivity (Wildman–Crippen MR) is 47.9 cm³/mol. The highest BCUT2D eigenvalue weighted by Crippen LogP contribution is 2.40. The number of hydrogen-bond donors (Lipinski definition) is 1. The lowest BCUT2D eigenvalue weighted by atomic mass is 10.1. The van der Waals surface area contributed by atoms with Gasteiger partial charge >= 0.3 is 5.97 Å². The Balaban J connectivity index is 2.50. The molecule has 0 amide bonds. The van der Waals surface area contributed by atoms with Crippen molar-refractivity contribution < 1.29 is 9.90 Å². The molecular formula is C10H8N2O2. The van der Waals surface area contributed by atoms with E-state index >= 15 is 0 Å². The van der Waals surface area contributed by atoms with Gasteiger partial charge < -0.3 is 5.11 Å². The van der Waals surface area contributed by atoms with Crippen molar-refractivity contribution in [3.63, 3.8) is 0 Å². The van der Waals surface area contributed by atoms with Gasteiger partial charge in [-0.15, -0.1) is 0 Å². The first-order valence-corrected chi connectivity index (χ1v) is 4.35. The second-order valence-electron chi connectivity index (χ2n) is 3.35. The minimum atomic E-state index is -1.00. The Morgan fingerprint density at radius 1 is 1.64 bits per heavy atom. The van der Waals surface area contributed by atoms with E-state index in [-0.39, 0.29) is 11.5 Å². The van der Waals surface area contributed by atoms with Gasteiger partial charge in [0.1, 0.15) is 6.07 Å². The number of carboxylic acids is 1. The highest BCUT2D eigenvalue weighted by Gasteiger charge is 2.29. The van der Waals surface area contributed by atoms with Crippen molar-refractivity contribution in [2.45, 2.75) is 18.8 Å². The zero-order valence-corrected chi connectivity index (χ0v) is 7.40. The highest BCUT2D eigenvalue weighted by atomic mass is 16.4. The fourth-order valence-electron chi connectivity index (χ4n) is 1.39. The second kappa shape index (κ2) is 3.11. The second-order valence-corrected chi connectivity index (χ2v) is 3.35. The fraction of sp³-hybridized carbons (Fsp3) is 0.300. The molecule has 1 N–H and O–H groups in total. The summed E-state index contributed by atoms with van der Waals surface area (Å²) in [5.41, 5.74) is 1.09. The molecule has 2 rings (SSSR count). The van der Waals surface area contributed by atoms with Crippen LogP contribution in [0.2, 0.25) is 0 Å². The van der Waals surface area contributed by atoms with Crippen molar-refractivity contribution >= 4 is 5.97 Å². The molecule has 70 valence electrons. The molecule has 4 nitrogen and oxygen atoms in total. The summed E-state index contributed by atoms with van der Waals surface area (Å²) in [7, 11) is 0. The number of rotatable bonds is 2. The molecule has 14 heavy (non-hydrogen) atoms. The molecule has 0 bridgehead atoms. The number of aromatic carboxylic acids is 1. The molecule has 1 aromatic heterocycles. The van der Waals surface area contributed by atoms with Gasteiger partial charge in [-0.05, 0) is 18.9 Å². The zero-order chi connectivity index (χ0) is 10.1. The molecule has 1 aliphatic carbocycles. The van der Waals surface area contributed by atoms with Crippen LogP contribution in [-0.4, -0.2) is 16.1 Å². The third kappa shape index (κ3) is 1.44. The molecule has 1 fully saturated rings. The van der Waals surface area contributed by atoms with E-state index in [0.717, 1.165) is 12.8 Å². The monoisotopic (exact) mass is 188 g/mol. The van der Waals surface area contributed by atoms with Gasteiger partial charge in [-0.25, -0.2) is 4.79 Å². The molecule has 0 aliphatic heterocycles. The smallest absolute Gasteiger partial charge is 0.337 e. The Bertz CT molecular complexity index is 430. The van der Waals surface area contributed by atoms with E-state index in [9.17, 15) is 4.79 Å². The van der Waals surface area contributed by atoms with Gasteiger partial charge in [-0.2, -0.15) is 5.26 Å². The van der Waals surface area contributed by atoms with Crippen LogP contribution in [0, 0.1) is 11.3 Å². The summed E-state index contributed by atoms with van der Waals surface area (Å²) in [6.07, 6.45) is 3.43. The standard InChI is InChI=1S/C10H8N2O2/c11-4-6-3-8(10(13)14)9(12-5-6)7-1-2-7/h3,5,7H,1-2H2,(H,13,14). The first kappa shape index (κ1) is 8.70. The number of pyridine rings is 1. The van der Waals surface area contributed by atoms with E-state index < -0.39 is 5.97 Å². The lowest BCUT2D eigenvalue weighted by molar-refractivity contribution is 0.0695. The number of carbonyl (C=O) groups is 1. The molecule has 0 spiro atoms. The molecular weight excluding hydrogens is 180 g/mol. The van der Waals surface area contributed by atoms with Crippen molar-refractivity contribution in [2.24, 2.45) is 0 Å². The van der Waals surface area contributed by atoms with Crippen LogP contribution in [-0.2, 0) is 0 Å². The van der Waals surface area contributed by atoms with Gasteiger partial charge in [0.2, 0.25) is 0 Å². The maximum Gasteiger partial charge on any atom is 0.337 e. The van der Waals surface area contributed by atoms with Crippen molar-refractivity contribution in [3.05, 3.63) is 29.1 Å². The van der Waals surface area contributed by atoms with Gasteiger partial charge in [-0.1, -0.05) is 0 Å². The lowest BCUT2D eigenvalue weighted by Crippen LogP contribution is -2.04. The molecule has 0 unspecified atom stereocenters. The Morgan fingerprint density at radius 3 is 2.86 bits per heavy atom. The van der Waals surface area contributed by atoms with Crippen LogP contribution in [0.25, 0.3) is 0 Å². The van der Waals surface area contributed by atoms with E-state index in [0.29, 0.717) is 11.3 Å². The summed E-state index contributed by atoms with van der Waals surface area (Å²) < 4.78 is 0. The molecule has 1 heterocycles. The molecule has 1 saturated carbocycles. The average molecular weight is 188 g/mol. The number of carboxylic acid groups (broad SMARTS) is 1. The molecule has 0 saturated heterocycles. The van der Waals surface area contributed by atoms with Crippen LogP contribution in [0.4, 0.5) is 0 Å². The van der Waals surface area contributed by atoms with Crippen LogP contribution in [0.3, 0.4) is 0 Å². The third-order valence-corrected chi connectivity index (χ3v) is 2.24. The summed E-state index contributed by atoms with van der Waals surface area (Å²) in [6, 6.07) is 3.27. The van der Waals surface area contributed by atoms with Crippen molar-refractivity contribution in [2.75, 3.05) is 0 Å². The van der Waals surface area contributed by atoms with Gasteiger partial charge in [0.15, 0.2) is 0 Å². The summed E-state index contributed by atoms with van der Waals surface area (Å²) in [5.74, 6) is -0.717. The average Bonchev–Trinajstić information content (AvgIpc) is 3.00. The van der Waals surface area contributed by atoms with Crippen LogP contribution in [0.15, 0.2) is 12.3 Å².